The topological polar surface area (TPSA) is 97.4 Å². The fourth-order valence-corrected chi connectivity index (χ4v) is 3.23. The first-order valence-electron chi connectivity index (χ1n) is 9.40. The van der Waals surface area contributed by atoms with E-state index in [-0.39, 0.29) is 28.9 Å². The van der Waals surface area contributed by atoms with Gasteiger partial charge in [-0.05, 0) is 32.8 Å². The van der Waals surface area contributed by atoms with Crippen LogP contribution in [-0.2, 0) is 4.74 Å². The zero-order valence-corrected chi connectivity index (χ0v) is 16.0. The highest BCUT2D eigenvalue weighted by molar-refractivity contribution is 6.13. The third-order valence-corrected chi connectivity index (χ3v) is 5.16. The van der Waals surface area contributed by atoms with Gasteiger partial charge < -0.3 is 20.1 Å². The number of hydrogen-bond acceptors (Lipinski definition) is 7. The summed E-state index contributed by atoms with van der Waals surface area (Å²) in [5, 5.41) is 8.58. The average Bonchev–Trinajstić information content (AvgIpc) is 3.40. The molecule has 0 amide bonds. The number of hydrogen-bond donors (Lipinski definition) is 2. The van der Waals surface area contributed by atoms with Gasteiger partial charge in [-0.1, -0.05) is 0 Å². The van der Waals surface area contributed by atoms with E-state index in [2.05, 4.69) is 14.9 Å². The molecule has 1 aliphatic heterocycles. The number of nitrogens with one attached hydrogen (secondary N) is 1. The fourth-order valence-electron chi connectivity index (χ4n) is 3.23. The van der Waals surface area contributed by atoms with Crippen LogP contribution >= 0.6 is 0 Å². The van der Waals surface area contributed by atoms with Gasteiger partial charge in [-0.25, -0.2) is 14.4 Å². The van der Waals surface area contributed by atoms with Crippen LogP contribution in [0.2, 0.25) is 0 Å². The lowest BCUT2D eigenvalue weighted by atomic mass is 10.0. The molecule has 2 heterocycles. The van der Waals surface area contributed by atoms with E-state index >= 15 is 0 Å². The Morgan fingerprint density at radius 3 is 2.86 bits per heavy atom. The van der Waals surface area contributed by atoms with E-state index in [0.717, 1.165) is 31.7 Å². The largest absolute Gasteiger partial charge is 0.484 e. The van der Waals surface area contributed by atoms with Gasteiger partial charge in [0.15, 0.2) is 11.6 Å². The standard InChI is InChI=1S/C20H24FN5O2/c1-12-10-26(5-6-27-12)18-9-16(24-11-25-18)19(23)13-7-17(14(21)8-15(13)22)28-20(2)3-4-20/h7-9,11-12,23H,3-6,10,22H2,1-2H3/t12-/m0/s1. The summed E-state index contributed by atoms with van der Waals surface area (Å²) in [6.07, 6.45) is 3.32. The molecule has 2 aromatic rings. The molecule has 1 saturated carbocycles. The lowest BCUT2D eigenvalue weighted by Gasteiger charge is -2.32. The Bertz CT molecular complexity index is 915. The number of halogens is 1. The number of aromatic nitrogens is 2. The van der Waals surface area contributed by atoms with Crippen molar-refractivity contribution in [2.45, 2.75) is 38.4 Å². The summed E-state index contributed by atoms with van der Waals surface area (Å²) in [6, 6.07) is 4.46. The van der Waals surface area contributed by atoms with Crippen molar-refractivity contribution >= 4 is 17.2 Å². The van der Waals surface area contributed by atoms with Crippen molar-refractivity contribution in [3.8, 4) is 5.75 Å². The number of nitrogen functional groups attached to an aromatic ring is 1. The van der Waals surface area contributed by atoms with Gasteiger partial charge in [0, 0.05) is 36.5 Å². The second-order valence-corrected chi connectivity index (χ2v) is 7.69. The first-order valence-corrected chi connectivity index (χ1v) is 9.40. The van der Waals surface area contributed by atoms with E-state index in [1.54, 1.807) is 6.07 Å². The normalized spacial score (nSPS) is 20.7. The van der Waals surface area contributed by atoms with Crippen LogP contribution in [0.25, 0.3) is 0 Å². The first-order chi connectivity index (χ1) is 13.3. The summed E-state index contributed by atoms with van der Waals surface area (Å²) in [5.41, 5.74) is 6.77. The minimum absolute atomic E-state index is 0.105. The summed E-state index contributed by atoms with van der Waals surface area (Å²) in [4.78, 5) is 10.7. The molecular weight excluding hydrogens is 361 g/mol. The molecule has 1 saturated heterocycles. The Balaban J connectivity index is 1.62. The smallest absolute Gasteiger partial charge is 0.167 e. The molecule has 1 aromatic heterocycles. The molecule has 148 valence electrons. The van der Waals surface area contributed by atoms with Crippen LogP contribution in [0, 0.1) is 11.2 Å². The number of morpholine rings is 1. The third-order valence-electron chi connectivity index (χ3n) is 5.16. The molecule has 7 nitrogen and oxygen atoms in total. The molecule has 2 aliphatic rings. The van der Waals surface area contributed by atoms with Crippen molar-refractivity contribution in [1.29, 1.82) is 5.41 Å². The van der Waals surface area contributed by atoms with Crippen molar-refractivity contribution in [3.63, 3.8) is 0 Å². The lowest BCUT2D eigenvalue weighted by Crippen LogP contribution is -2.41. The first kappa shape index (κ1) is 18.6. The Kier molecular flexibility index (Phi) is 4.66. The number of nitrogens with zero attached hydrogens (tertiary/aromatic N) is 3. The molecule has 1 atom stereocenters. The van der Waals surface area contributed by atoms with Gasteiger partial charge in [0.05, 0.1) is 24.1 Å². The summed E-state index contributed by atoms with van der Waals surface area (Å²) in [7, 11) is 0. The Hall–Kier alpha value is -2.74. The van der Waals surface area contributed by atoms with Crippen molar-refractivity contribution in [1.82, 2.24) is 9.97 Å². The molecule has 4 rings (SSSR count). The SMILES string of the molecule is C[C@H]1CN(c2cc(C(=N)c3cc(OC4(C)CC4)c(F)cc3N)ncn2)CCO1. The van der Waals surface area contributed by atoms with Crippen molar-refractivity contribution in [2.75, 3.05) is 30.3 Å². The van der Waals surface area contributed by atoms with Crippen LogP contribution in [0.5, 0.6) is 5.75 Å². The molecule has 0 spiro atoms. The minimum atomic E-state index is -0.521. The van der Waals surface area contributed by atoms with Gasteiger partial charge in [0.25, 0.3) is 0 Å². The summed E-state index contributed by atoms with van der Waals surface area (Å²) < 4.78 is 25.6. The highest BCUT2D eigenvalue weighted by Gasteiger charge is 2.40. The van der Waals surface area contributed by atoms with E-state index in [1.165, 1.54) is 18.5 Å². The number of anilines is 2. The van der Waals surface area contributed by atoms with Gasteiger partial charge in [-0.15, -0.1) is 0 Å². The highest BCUT2D eigenvalue weighted by Crippen LogP contribution is 2.41. The van der Waals surface area contributed by atoms with Crippen molar-refractivity contribution in [2.24, 2.45) is 0 Å². The summed E-state index contributed by atoms with van der Waals surface area (Å²) in [5.74, 6) is 0.325. The lowest BCUT2D eigenvalue weighted by molar-refractivity contribution is 0.0529. The van der Waals surface area contributed by atoms with E-state index in [1.807, 2.05) is 13.8 Å². The molecular formula is C20H24FN5O2. The summed E-state index contributed by atoms with van der Waals surface area (Å²) >= 11 is 0. The molecule has 2 fully saturated rings. The van der Waals surface area contributed by atoms with Gasteiger partial charge in [-0.3, -0.25) is 5.41 Å². The molecule has 8 heteroatoms. The Morgan fingerprint density at radius 2 is 2.14 bits per heavy atom. The van der Waals surface area contributed by atoms with Crippen LogP contribution < -0.4 is 15.4 Å². The van der Waals surface area contributed by atoms with Crippen LogP contribution in [0.15, 0.2) is 24.5 Å². The highest BCUT2D eigenvalue weighted by atomic mass is 19.1. The molecule has 1 aromatic carbocycles. The predicted octanol–water partition coefficient (Wildman–Crippen LogP) is 2.77. The number of benzene rings is 1. The van der Waals surface area contributed by atoms with Crippen molar-refractivity contribution in [3.05, 3.63) is 41.6 Å². The molecule has 0 unspecified atom stereocenters. The van der Waals surface area contributed by atoms with E-state index in [9.17, 15) is 4.39 Å². The summed E-state index contributed by atoms with van der Waals surface area (Å²) in [6.45, 7) is 6.02. The zero-order valence-electron chi connectivity index (χ0n) is 16.0. The average molecular weight is 385 g/mol. The quantitative estimate of drug-likeness (QED) is 0.607. The van der Waals surface area contributed by atoms with E-state index < -0.39 is 5.82 Å². The van der Waals surface area contributed by atoms with Crippen LogP contribution in [0.1, 0.15) is 37.9 Å². The second-order valence-electron chi connectivity index (χ2n) is 7.69. The van der Waals surface area contributed by atoms with Crippen LogP contribution in [0.3, 0.4) is 0 Å². The maximum atomic E-state index is 14.3. The Morgan fingerprint density at radius 1 is 1.36 bits per heavy atom. The van der Waals surface area contributed by atoms with Gasteiger partial charge in [0.2, 0.25) is 0 Å². The van der Waals surface area contributed by atoms with Gasteiger partial charge in [0.1, 0.15) is 17.7 Å². The number of nitrogens with two attached hydrogens (primary N) is 1. The third kappa shape index (κ3) is 3.77. The van der Waals surface area contributed by atoms with Crippen LogP contribution in [0.4, 0.5) is 15.9 Å². The molecule has 28 heavy (non-hydrogen) atoms. The molecule has 0 bridgehead atoms. The predicted molar refractivity (Wildman–Crippen MR) is 105 cm³/mol. The molecule has 3 N–H and O–H groups in total. The van der Waals surface area contributed by atoms with E-state index in [4.69, 9.17) is 20.6 Å². The minimum Gasteiger partial charge on any atom is -0.484 e. The van der Waals surface area contributed by atoms with E-state index in [0.29, 0.717) is 17.9 Å². The maximum Gasteiger partial charge on any atom is 0.167 e. The van der Waals surface area contributed by atoms with Gasteiger partial charge in [-0.2, -0.15) is 0 Å². The fraction of sp³-hybridized carbons (Fsp3) is 0.450. The van der Waals surface area contributed by atoms with Crippen LogP contribution in [-0.4, -0.2) is 47.1 Å². The number of rotatable bonds is 5. The molecule has 0 radical (unpaired) electrons. The number of ether oxygens (including phenoxy) is 2. The monoisotopic (exact) mass is 385 g/mol. The zero-order chi connectivity index (χ0) is 19.9. The molecule has 1 aliphatic carbocycles. The second kappa shape index (κ2) is 7.01. The van der Waals surface area contributed by atoms with Crippen molar-refractivity contribution < 1.29 is 13.9 Å². The van der Waals surface area contributed by atoms with Gasteiger partial charge >= 0.3 is 0 Å². The Labute approximate surface area is 163 Å². The maximum absolute atomic E-state index is 14.3.